The van der Waals surface area contributed by atoms with Crippen molar-refractivity contribution < 1.29 is 8.42 Å². The maximum absolute atomic E-state index is 11.6. The van der Waals surface area contributed by atoms with Crippen LogP contribution in [0.3, 0.4) is 0 Å². The van der Waals surface area contributed by atoms with Crippen molar-refractivity contribution in [3.8, 4) is 0 Å². The second-order valence-corrected chi connectivity index (χ2v) is 7.08. The van der Waals surface area contributed by atoms with Crippen LogP contribution in [0.15, 0.2) is 5.16 Å². The van der Waals surface area contributed by atoms with Crippen LogP contribution in [0.1, 0.15) is 58.2 Å². The molecule has 1 aromatic heterocycles. The Morgan fingerprint density at radius 2 is 1.89 bits per heavy atom. The Morgan fingerprint density at radius 3 is 2.42 bits per heavy atom. The molecule has 1 aliphatic rings. The molecule has 0 amide bonds. The molecule has 0 atom stereocenters. The Hall–Kier alpha value is -0.950. The van der Waals surface area contributed by atoms with Gasteiger partial charge in [-0.3, -0.25) is 0 Å². The Morgan fingerprint density at radius 1 is 1.26 bits per heavy atom. The summed E-state index contributed by atoms with van der Waals surface area (Å²) < 4.78 is 24.9. The Bertz CT molecular complexity index is 544. The average Bonchev–Trinajstić information content (AvgIpc) is 2.75. The molecule has 1 fully saturated rings. The minimum Gasteiger partial charge on any atom is -0.300 e. The van der Waals surface area contributed by atoms with Gasteiger partial charge in [-0.15, -0.1) is 10.2 Å². The molecular weight excluding hydrogens is 264 g/mol. The van der Waals surface area contributed by atoms with Gasteiger partial charge < -0.3 is 4.57 Å². The first-order valence-corrected chi connectivity index (χ1v) is 8.39. The number of nitrogens with zero attached hydrogens (tertiary/aromatic N) is 3. The summed E-state index contributed by atoms with van der Waals surface area (Å²) in [4.78, 5) is 0. The highest BCUT2D eigenvalue weighted by Crippen LogP contribution is 2.38. The lowest BCUT2D eigenvalue weighted by molar-refractivity contribution is 0.291. The SMILES string of the molecule is CCCn1c(C2(C)CCCCC2)nnc1S(N)(=O)=O. The first kappa shape index (κ1) is 14.5. The fourth-order valence-electron chi connectivity index (χ4n) is 2.93. The number of nitrogens with two attached hydrogens (primary N) is 1. The minimum absolute atomic E-state index is 0.0800. The summed E-state index contributed by atoms with van der Waals surface area (Å²) in [6, 6.07) is 0. The lowest BCUT2D eigenvalue weighted by Gasteiger charge is -2.32. The number of hydrogen-bond donors (Lipinski definition) is 1. The van der Waals surface area contributed by atoms with E-state index in [0.717, 1.165) is 37.9 Å². The molecule has 1 aromatic rings. The minimum atomic E-state index is -3.81. The van der Waals surface area contributed by atoms with Crippen molar-refractivity contribution in [3.63, 3.8) is 0 Å². The molecule has 0 saturated heterocycles. The summed E-state index contributed by atoms with van der Waals surface area (Å²) in [7, 11) is -3.81. The summed E-state index contributed by atoms with van der Waals surface area (Å²) in [6.07, 6.45) is 6.42. The lowest BCUT2D eigenvalue weighted by atomic mass is 9.75. The van der Waals surface area contributed by atoms with Crippen LogP contribution in [0.2, 0.25) is 0 Å². The van der Waals surface area contributed by atoms with Crippen molar-refractivity contribution in [3.05, 3.63) is 5.82 Å². The predicted molar refractivity (Wildman–Crippen MR) is 72.1 cm³/mol. The summed E-state index contributed by atoms with van der Waals surface area (Å²) >= 11 is 0. The molecule has 0 aromatic carbocycles. The highest BCUT2D eigenvalue weighted by atomic mass is 32.2. The van der Waals surface area contributed by atoms with Crippen LogP contribution in [-0.2, 0) is 22.0 Å². The molecule has 1 heterocycles. The number of sulfonamides is 1. The predicted octanol–water partition coefficient (Wildman–Crippen LogP) is 1.56. The maximum Gasteiger partial charge on any atom is 0.273 e. The van der Waals surface area contributed by atoms with Crippen molar-refractivity contribution in [2.24, 2.45) is 5.14 Å². The van der Waals surface area contributed by atoms with Crippen molar-refractivity contribution >= 4 is 10.0 Å². The topological polar surface area (TPSA) is 90.9 Å². The maximum atomic E-state index is 11.6. The highest BCUT2D eigenvalue weighted by molar-refractivity contribution is 7.89. The van der Waals surface area contributed by atoms with Crippen LogP contribution in [0, 0.1) is 0 Å². The van der Waals surface area contributed by atoms with E-state index in [2.05, 4.69) is 17.1 Å². The average molecular weight is 286 g/mol. The summed E-state index contributed by atoms with van der Waals surface area (Å²) in [5.74, 6) is 0.776. The third kappa shape index (κ3) is 2.81. The highest BCUT2D eigenvalue weighted by Gasteiger charge is 2.35. The summed E-state index contributed by atoms with van der Waals surface area (Å²) in [6.45, 7) is 4.73. The first-order chi connectivity index (χ1) is 8.88. The van der Waals surface area contributed by atoms with Gasteiger partial charge in [0.05, 0.1) is 0 Å². The van der Waals surface area contributed by atoms with E-state index in [1.54, 1.807) is 4.57 Å². The number of rotatable bonds is 4. The standard InChI is InChI=1S/C12H22N4O2S/c1-3-9-16-10(12(2)7-5-4-6-8-12)14-15-11(16)19(13,17)18/h3-9H2,1-2H3,(H2,13,17,18). The van der Waals surface area contributed by atoms with E-state index in [1.807, 2.05) is 6.92 Å². The Balaban J connectivity index is 2.48. The van der Waals surface area contributed by atoms with Crippen molar-refractivity contribution in [1.29, 1.82) is 0 Å². The van der Waals surface area contributed by atoms with Crippen molar-refractivity contribution in [2.75, 3.05) is 0 Å². The molecule has 0 bridgehead atoms. The second kappa shape index (κ2) is 5.20. The molecule has 2 rings (SSSR count). The van der Waals surface area contributed by atoms with Crippen LogP contribution in [0.4, 0.5) is 0 Å². The quantitative estimate of drug-likeness (QED) is 0.909. The van der Waals surface area contributed by atoms with E-state index in [9.17, 15) is 8.42 Å². The zero-order valence-electron chi connectivity index (χ0n) is 11.6. The van der Waals surface area contributed by atoms with Crippen molar-refractivity contribution in [1.82, 2.24) is 14.8 Å². The Kier molecular flexibility index (Phi) is 3.96. The third-order valence-electron chi connectivity index (χ3n) is 3.92. The zero-order chi connectivity index (χ0) is 14.1. The van der Waals surface area contributed by atoms with Gasteiger partial charge in [0.25, 0.3) is 15.2 Å². The fourth-order valence-corrected chi connectivity index (χ4v) is 3.57. The molecule has 19 heavy (non-hydrogen) atoms. The molecule has 6 nitrogen and oxygen atoms in total. The number of hydrogen-bond acceptors (Lipinski definition) is 4. The lowest BCUT2D eigenvalue weighted by Crippen LogP contribution is -2.30. The Labute approximate surface area is 114 Å². The van der Waals surface area contributed by atoms with Gasteiger partial charge >= 0.3 is 0 Å². The normalized spacial score (nSPS) is 19.5. The molecule has 1 saturated carbocycles. The van der Waals surface area contributed by atoms with Crippen LogP contribution >= 0.6 is 0 Å². The monoisotopic (exact) mass is 286 g/mol. The molecule has 2 N–H and O–H groups in total. The molecule has 0 radical (unpaired) electrons. The summed E-state index contributed by atoms with van der Waals surface area (Å²) in [5.41, 5.74) is -0.0800. The van der Waals surface area contributed by atoms with Gasteiger partial charge in [-0.25, -0.2) is 13.6 Å². The van der Waals surface area contributed by atoms with E-state index in [0.29, 0.717) is 6.54 Å². The van der Waals surface area contributed by atoms with Gasteiger partial charge in [-0.1, -0.05) is 33.1 Å². The largest absolute Gasteiger partial charge is 0.300 e. The number of primary sulfonamides is 1. The summed E-state index contributed by atoms with van der Waals surface area (Å²) in [5, 5.41) is 13.1. The van der Waals surface area contributed by atoms with E-state index in [4.69, 9.17) is 5.14 Å². The number of aromatic nitrogens is 3. The van der Waals surface area contributed by atoms with Crippen LogP contribution in [-0.4, -0.2) is 23.2 Å². The zero-order valence-corrected chi connectivity index (χ0v) is 12.4. The van der Waals surface area contributed by atoms with Gasteiger partial charge in [0, 0.05) is 12.0 Å². The molecular formula is C12H22N4O2S. The van der Waals surface area contributed by atoms with Crippen LogP contribution in [0.25, 0.3) is 0 Å². The second-order valence-electron chi connectivity index (χ2n) is 5.62. The molecule has 7 heteroatoms. The molecule has 0 unspecified atom stereocenters. The third-order valence-corrected chi connectivity index (χ3v) is 4.73. The fraction of sp³-hybridized carbons (Fsp3) is 0.833. The van der Waals surface area contributed by atoms with Gasteiger partial charge in [0.1, 0.15) is 5.82 Å². The molecule has 0 spiro atoms. The van der Waals surface area contributed by atoms with Gasteiger partial charge in [-0.05, 0) is 19.3 Å². The van der Waals surface area contributed by atoms with Crippen molar-refractivity contribution in [2.45, 2.75) is 69.5 Å². The molecule has 1 aliphatic carbocycles. The van der Waals surface area contributed by atoms with Crippen LogP contribution in [0.5, 0.6) is 0 Å². The van der Waals surface area contributed by atoms with Gasteiger partial charge in [-0.2, -0.15) is 0 Å². The van der Waals surface area contributed by atoms with E-state index in [1.165, 1.54) is 6.42 Å². The van der Waals surface area contributed by atoms with E-state index < -0.39 is 10.0 Å². The smallest absolute Gasteiger partial charge is 0.273 e. The molecule has 108 valence electrons. The molecule has 0 aliphatic heterocycles. The van der Waals surface area contributed by atoms with Gasteiger partial charge in [0.2, 0.25) is 0 Å². The van der Waals surface area contributed by atoms with Crippen LogP contribution < -0.4 is 5.14 Å². The first-order valence-electron chi connectivity index (χ1n) is 6.85. The van der Waals surface area contributed by atoms with Gasteiger partial charge in [0.15, 0.2) is 0 Å². The van der Waals surface area contributed by atoms with E-state index >= 15 is 0 Å². The van der Waals surface area contributed by atoms with E-state index in [-0.39, 0.29) is 10.6 Å².